The maximum Gasteiger partial charge on any atom is 0.257 e. The van der Waals surface area contributed by atoms with Crippen LogP contribution in [0.25, 0.3) is 5.65 Å². The topological polar surface area (TPSA) is 71.8 Å². The Morgan fingerprint density at radius 2 is 2.04 bits per heavy atom. The standard InChI is InChI=1S/C18H25N5O2/c1-12-10-15(22-6-8-25-9-7-22)20-16-14(11-19-23(12)16)17(24)21-18(2,3)13-4-5-13/h10-11,13H,4-9H2,1-3H3,(H,21,24). The van der Waals surface area contributed by atoms with Crippen LogP contribution in [0.2, 0.25) is 0 Å². The number of ether oxygens (including phenoxy) is 1. The first-order valence-electron chi connectivity index (χ1n) is 8.96. The third kappa shape index (κ3) is 3.08. The number of nitrogens with zero attached hydrogens (tertiary/aromatic N) is 4. The summed E-state index contributed by atoms with van der Waals surface area (Å²) in [5.41, 5.74) is 1.92. The van der Waals surface area contributed by atoms with E-state index in [0.717, 1.165) is 24.6 Å². The van der Waals surface area contributed by atoms with Crippen molar-refractivity contribution >= 4 is 17.4 Å². The van der Waals surface area contributed by atoms with Crippen LogP contribution in [0.5, 0.6) is 0 Å². The molecule has 1 aliphatic heterocycles. The van der Waals surface area contributed by atoms with Crippen LogP contribution in [0.1, 0.15) is 42.7 Å². The van der Waals surface area contributed by atoms with Crippen LogP contribution in [0.4, 0.5) is 5.82 Å². The molecular weight excluding hydrogens is 318 g/mol. The van der Waals surface area contributed by atoms with Crippen LogP contribution in [-0.4, -0.2) is 52.3 Å². The van der Waals surface area contributed by atoms with Crippen molar-refractivity contribution in [3.63, 3.8) is 0 Å². The Morgan fingerprint density at radius 3 is 2.72 bits per heavy atom. The molecule has 0 spiro atoms. The van der Waals surface area contributed by atoms with Gasteiger partial charge in [0.2, 0.25) is 0 Å². The zero-order chi connectivity index (χ0) is 17.6. The zero-order valence-electron chi connectivity index (χ0n) is 15.1. The van der Waals surface area contributed by atoms with Crippen molar-refractivity contribution in [3.8, 4) is 0 Å². The minimum absolute atomic E-state index is 0.0991. The van der Waals surface area contributed by atoms with Gasteiger partial charge in [0.15, 0.2) is 5.65 Å². The summed E-state index contributed by atoms with van der Waals surface area (Å²) < 4.78 is 7.16. The van der Waals surface area contributed by atoms with E-state index in [4.69, 9.17) is 9.72 Å². The highest BCUT2D eigenvalue weighted by Crippen LogP contribution is 2.39. The summed E-state index contributed by atoms with van der Waals surface area (Å²) in [6.45, 7) is 9.20. The lowest BCUT2D eigenvalue weighted by Crippen LogP contribution is -2.45. The average molecular weight is 343 g/mol. The smallest absolute Gasteiger partial charge is 0.257 e. The second-order valence-electron chi connectivity index (χ2n) is 7.60. The summed E-state index contributed by atoms with van der Waals surface area (Å²) in [5.74, 6) is 1.35. The Labute approximate surface area is 147 Å². The van der Waals surface area contributed by atoms with E-state index in [-0.39, 0.29) is 11.4 Å². The molecule has 1 amide bonds. The van der Waals surface area contributed by atoms with Crippen LogP contribution in [0.15, 0.2) is 12.3 Å². The van der Waals surface area contributed by atoms with E-state index in [0.29, 0.717) is 30.3 Å². The maximum atomic E-state index is 12.8. The van der Waals surface area contributed by atoms with Crippen molar-refractivity contribution in [1.82, 2.24) is 19.9 Å². The van der Waals surface area contributed by atoms with E-state index in [1.54, 1.807) is 10.7 Å². The fraction of sp³-hybridized carbons (Fsp3) is 0.611. The molecule has 7 nitrogen and oxygen atoms in total. The summed E-state index contributed by atoms with van der Waals surface area (Å²) in [7, 11) is 0. The maximum absolute atomic E-state index is 12.8. The second kappa shape index (κ2) is 5.98. The largest absolute Gasteiger partial charge is 0.378 e. The number of fused-ring (bicyclic) bond motifs is 1. The molecule has 0 bridgehead atoms. The summed E-state index contributed by atoms with van der Waals surface area (Å²) in [4.78, 5) is 19.8. The zero-order valence-corrected chi connectivity index (χ0v) is 15.1. The monoisotopic (exact) mass is 343 g/mol. The second-order valence-corrected chi connectivity index (χ2v) is 7.60. The molecular formula is C18H25N5O2. The highest BCUT2D eigenvalue weighted by Gasteiger charge is 2.39. The van der Waals surface area contributed by atoms with Crippen molar-refractivity contribution in [3.05, 3.63) is 23.5 Å². The molecule has 1 aliphatic carbocycles. The molecule has 4 rings (SSSR count). The first kappa shape index (κ1) is 16.3. The number of aryl methyl sites for hydroxylation is 1. The van der Waals surface area contributed by atoms with Gasteiger partial charge < -0.3 is 15.0 Å². The molecule has 1 saturated heterocycles. The van der Waals surface area contributed by atoms with Gasteiger partial charge in [0.1, 0.15) is 11.4 Å². The molecule has 25 heavy (non-hydrogen) atoms. The lowest BCUT2D eigenvalue weighted by Gasteiger charge is -2.28. The number of morpholine rings is 1. The predicted octanol–water partition coefficient (Wildman–Crippen LogP) is 1.79. The molecule has 0 atom stereocenters. The van der Waals surface area contributed by atoms with Gasteiger partial charge in [-0.05, 0) is 39.5 Å². The van der Waals surface area contributed by atoms with Crippen molar-refractivity contribution in [1.29, 1.82) is 0 Å². The summed E-state index contributed by atoms with van der Waals surface area (Å²) in [6.07, 6.45) is 3.98. The van der Waals surface area contributed by atoms with E-state index >= 15 is 0 Å². The Kier molecular flexibility index (Phi) is 3.91. The van der Waals surface area contributed by atoms with Gasteiger partial charge in [-0.25, -0.2) is 9.50 Å². The van der Waals surface area contributed by atoms with Gasteiger partial charge >= 0.3 is 0 Å². The fourth-order valence-electron chi connectivity index (χ4n) is 3.48. The Hall–Kier alpha value is -2.15. The van der Waals surface area contributed by atoms with E-state index in [1.807, 2.05) is 13.0 Å². The fourth-order valence-corrected chi connectivity index (χ4v) is 3.48. The highest BCUT2D eigenvalue weighted by atomic mass is 16.5. The molecule has 1 saturated carbocycles. The molecule has 2 aromatic heterocycles. The van der Waals surface area contributed by atoms with Gasteiger partial charge in [-0.1, -0.05) is 0 Å². The highest BCUT2D eigenvalue weighted by molar-refractivity contribution is 6.00. The molecule has 1 N–H and O–H groups in total. The number of rotatable bonds is 4. The molecule has 0 unspecified atom stereocenters. The van der Waals surface area contributed by atoms with Crippen LogP contribution >= 0.6 is 0 Å². The Balaban J connectivity index is 1.67. The first-order valence-corrected chi connectivity index (χ1v) is 8.96. The van der Waals surface area contributed by atoms with E-state index in [9.17, 15) is 4.79 Å². The minimum atomic E-state index is -0.192. The van der Waals surface area contributed by atoms with Crippen LogP contribution in [0.3, 0.4) is 0 Å². The van der Waals surface area contributed by atoms with Gasteiger partial charge in [0, 0.05) is 30.4 Å². The number of amides is 1. The van der Waals surface area contributed by atoms with E-state index in [1.165, 1.54) is 12.8 Å². The van der Waals surface area contributed by atoms with Gasteiger partial charge in [-0.3, -0.25) is 4.79 Å². The number of hydrogen-bond acceptors (Lipinski definition) is 5. The molecule has 7 heteroatoms. The number of aromatic nitrogens is 3. The van der Waals surface area contributed by atoms with Crippen molar-refractivity contribution in [2.24, 2.45) is 5.92 Å². The van der Waals surface area contributed by atoms with Crippen molar-refractivity contribution in [2.45, 2.75) is 39.2 Å². The number of carbonyl (C=O) groups is 1. The predicted molar refractivity (Wildman–Crippen MR) is 95.0 cm³/mol. The molecule has 2 aliphatic rings. The third-order valence-electron chi connectivity index (χ3n) is 5.25. The quantitative estimate of drug-likeness (QED) is 0.916. The SMILES string of the molecule is Cc1cc(N2CCOCC2)nc2c(C(=O)NC(C)(C)C3CC3)cnn12. The number of hydrogen-bond donors (Lipinski definition) is 1. The number of nitrogens with one attached hydrogen (secondary N) is 1. The molecule has 3 heterocycles. The van der Waals surface area contributed by atoms with Gasteiger partial charge in [0.25, 0.3) is 5.91 Å². The third-order valence-corrected chi connectivity index (χ3v) is 5.25. The van der Waals surface area contributed by atoms with Gasteiger partial charge in [-0.2, -0.15) is 5.10 Å². The normalized spacial score (nSPS) is 18.6. The molecule has 2 aromatic rings. The molecule has 0 aromatic carbocycles. The van der Waals surface area contributed by atoms with Crippen LogP contribution < -0.4 is 10.2 Å². The summed E-state index contributed by atoms with van der Waals surface area (Å²) in [5, 5.41) is 7.53. The summed E-state index contributed by atoms with van der Waals surface area (Å²) in [6, 6.07) is 2.02. The van der Waals surface area contributed by atoms with Crippen molar-refractivity contribution in [2.75, 3.05) is 31.2 Å². The van der Waals surface area contributed by atoms with Crippen LogP contribution in [-0.2, 0) is 4.74 Å². The molecule has 134 valence electrons. The molecule has 0 radical (unpaired) electrons. The lowest BCUT2D eigenvalue weighted by molar-refractivity contribution is 0.0905. The Morgan fingerprint density at radius 1 is 1.32 bits per heavy atom. The summed E-state index contributed by atoms with van der Waals surface area (Å²) >= 11 is 0. The molecule has 2 fully saturated rings. The Bertz CT molecular complexity index is 803. The lowest BCUT2D eigenvalue weighted by atomic mass is 9.98. The minimum Gasteiger partial charge on any atom is -0.378 e. The number of carbonyl (C=O) groups excluding carboxylic acids is 1. The van der Waals surface area contributed by atoms with E-state index < -0.39 is 0 Å². The average Bonchev–Trinajstić information content (AvgIpc) is 3.36. The van der Waals surface area contributed by atoms with Crippen molar-refractivity contribution < 1.29 is 9.53 Å². The first-order chi connectivity index (χ1) is 12.0. The van der Waals surface area contributed by atoms with E-state index in [2.05, 4.69) is 29.2 Å². The van der Waals surface area contributed by atoms with Crippen LogP contribution in [0, 0.1) is 12.8 Å². The number of anilines is 1. The van der Waals surface area contributed by atoms with Gasteiger partial charge in [-0.15, -0.1) is 0 Å². The van der Waals surface area contributed by atoms with Gasteiger partial charge in [0.05, 0.1) is 19.4 Å².